The van der Waals surface area contributed by atoms with Gasteiger partial charge in [-0.1, -0.05) is 54.1 Å². The van der Waals surface area contributed by atoms with Crippen LogP contribution in [0.15, 0.2) is 66.7 Å². The fraction of sp³-hybridized carbons (Fsp3) is 0.240. The van der Waals surface area contributed by atoms with E-state index in [1.54, 1.807) is 0 Å². The average Bonchev–Trinajstić information content (AvgIpc) is 3.06. The molecule has 4 aromatic rings. The van der Waals surface area contributed by atoms with Crippen molar-refractivity contribution in [2.45, 2.75) is 40.2 Å². The first-order valence-electron chi connectivity index (χ1n) is 9.76. The van der Waals surface area contributed by atoms with E-state index in [0.717, 1.165) is 16.9 Å². The van der Waals surface area contributed by atoms with Gasteiger partial charge in [0.05, 0.1) is 22.4 Å². The number of hydrogen-bond donors (Lipinski definition) is 1. The van der Waals surface area contributed by atoms with Crippen LogP contribution < -0.4 is 5.32 Å². The fourth-order valence-electron chi connectivity index (χ4n) is 4.04. The molecule has 0 bridgehead atoms. The van der Waals surface area contributed by atoms with Crippen molar-refractivity contribution in [3.05, 3.63) is 89.1 Å². The minimum absolute atomic E-state index is 0.329. The molecule has 0 unspecified atom stereocenters. The number of aromatic nitrogens is 2. The summed E-state index contributed by atoms with van der Waals surface area (Å²) in [6.07, 6.45) is 0. The van der Waals surface area contributed by atoms with E-state index in [-0.39, 0.29) is 5.54 Å². The Morgan fingerprint density at radius 1 is 0.821 bits per heavy atom. The summed E-state index contributed by atoms with van der Waals surface area (Å²) in [6.45, 7) is 10.9. The lowest BCUT2D eigenvalue weighted by Crippen LogP contribution is -2.30. The summed E-state index contributed by atoms with van der Waals surface area (Å²) in [6, 6.07) is 23.2. The lowest BCUT2D eigenvalue weighted by atomic mass is 9.95. The lowest BCUT2D eigenvalue weighted by molar-refractivity contribution is 0.581. The third kappa shape index (κ3) is 3.18. The number of rotatable bonds is 4. The number of aryl methyl sites for hydroxylation is 3. The summed E-state index contributed by atoms with van der Waals surface area (Å²) in [5.41, 5.74) is 7.91. The highest BCUT2D eigenvalue weighted by Crippen LogP contribution is 2.34. The van der Waals surface area contributed by atoms with Crippen molar-refractivity contribution in [2.75, 3.05) is 5.32 Å². The molecule has 142 valence electrons. The highest BCUT2D eigenvalue weighted by Gasteiger charge is 2.28. The van der Waals surface area contributed by atoms with Crippen molar-refractivity contribution in [2.24, 2.45) is 0 Å². The Balaban J connectivity index is 1.85. The molecule has 0 aliphatic heterocycles. The number of benzene rings is 3. The van der Waals surface area contributed by atoms with Crippen LogP contribution in [-0.2, 0) is 5.54 Å². The van der Waals surface area contributed by atoms with Crippen LogP contribution in [0.3, 0.4) is 0 Å². The number of para-hydroxylation sites is 2. The smallest absolute Gasteiger partial charge is 0.0955 e. The summed E-state index contributed by atoms with van der Waals surface area (Å²) < 4.78 is 2.04. The van der Waals surface area contributed by atoms with Crippen LogP contribution in [0.2, 0.25) is 0 Å². The van der Waals surface area contributed by atoms with Gasteiger partial charge in [-0.15, -0.1) is 0 Å². The van der Waals surface area contributed by atoms with E-state index >= 15 is 0 Å². The maximum atomic E-state index is 5.06. The SMILES string of the molecule is Cc1cc(C)c(NC(C)(C)c2nn(-c3ccccc3)c3ccccc23)c(C)c1. The lowest BCUT2D eigenvalue weighted by Gasteiger charge is -2.28. The van der Waals surface area contributed by atoms with Gasteiger partial charge in [-0.2, -0.15) is 5.10 Å². The summed E-state index contributed by atoms with van der Waals surface area (Å²) in [7, 11) is 0. The Hall–Kier alpha value is -3.07. The summed E-state index contributed by atoms with van der Waals surface area (Å²) in [5.74, 6) is 0. The van der Waals surface area contributed by atoms with Gasteiger partial charge in [0.1, 0.15) is 0 Å². The monoisotopic (exact) mass is 369 g/mol. The quantitative estimate of drug-likeness (QED) is 0.457. The molecule has 0 spiro atoms. The van der Waals surface area contributed by atoms with Crippen LogP contribution in [-0.4, -0.2) is 9.78 Å². The second-order valence-corrected chi connectivity index (χ2v) is 8.14. The molecule has 0 saturated heterocycles. The molecule has 3 heteroatoms. The summed E-state index contributed by atoms with van der Waals surface area (Å²) in [4.78, 5) is 0. The van der Waals surface area contributed by atoms with Gasteiger partial charge in [0.25, 0.3) is 0 Å². The molecular formula is C25H27N3. The number of fused-ring (bicyclic) bond motifs is 1. The average molecular weight is 370 g/mol. The summed E-state index contributed by atoms with van der Waals surface area (Å²) in [5, 5.41) is 10.0. The van der Waals surface area contributed by atoms with Crippen LogP contribution in [0, 0.1) is 20.8 Å². The third-order valence-corrected chi connectivity index (χ3v) is 5.29. The van der Waals surface area contributed by atoms with E-state index in [0.29, 0.717) is 0 Å². The van der Waals surface area contributed by atoms with E-state index in [1.807, 2.05) is 22.9 Å². The molecule has 0 aliphatic rings. The van der Waals surface area contributed by atoms with E-state index in [1.165, 1.54) is 27.8 Å². The maximum Gasteiger partial charge on any atom is 0.0955 e. The molecular weight excluding hydrogens is 342 g/mol. The van der Waals surface area contributed by atoms with Crippen molar-refractivity contribution in [3.63, 3.8) is 0 Å². The predicted molar refractivity (Wildman–Crippen MR) is 118 cm³/mol. The second kappa shape index (κ2) is 6.83. The Labute approximate surface area is 167 Å². The maximum absolute atomic E-state index is 5.06. The second-order valence-electron chi connectivity index (χ2n) is 8.14. The van der Waals surface area contributed by atoms with Crippen LogP contribution in [0.25, 0.3) is 16.6 Å². The van der Waals surface area contributed by atoms with E-state index in [4.69, 9.17) is 5.10 Å². The molecule has 1 N–H and O–H groups in total. The zero-order valence-electron chi connectivity index (χ0n) is 17.2. The highest BCUT2D eigenvalue weighted by atomic mass is 15.3. The molecule has 0 saturated carbocycles. The Morgan fingerprint density at radius 3 is 2.11 bits per heavy atom. The van der Waals surface area contributed by atoms with Crippen LogP contribution >= 0.6 is 0 Å². The number of nitrogens with zero attached hydrogens (tertiary/aromatic N) is 2. The number of hydrogen-bond acceptors (Lipinski definition) is 2. The van der Waals surface area contributed by atoms with Crippen molar-refractivity contribution in [1.82, 2.24) is 9.78 Å². The Bertz CT molecular complexity index is 1110. The molecule has 0 fully saturated rings. The van der Waals surface area contributed by atoms with Gasteiger partial charge in [-0.3, -0.25) is 0 Å². The zero-order valence-corrected chi connectivity index (χ0v) is 17.2. The fourth-order valence-corrected chi connectivity index (χ4v) is 4.04. The Kier molecular flexibility index (Phi) is 4.46. The Morgan fingerprint density at radius 2 is 1.43 bits per heavy atom. The number of nitrogens with one attached hydrogen (secondary N) is 1. The van der Waals surface area contributed by atoms with E-state index in [2.05, 4.69) is 88.5 Å². The molecule has 4 rings (SSSR count). The zero-order chi connectivity index (χ0) is 19.9. The van der Waals surface area contributed by atoms with Crippen LogP contribution in [0.4, 0.5) is 5.69 Å². The molecule has 0 amide bonds. The van der Waals surface area contributed by atoms with Gasteiger partial charge in [0, 0.05) is 11.1 Å². The molecule has 28 heavy (non-hydrogen) atoms. The number of anilines is 1. The van der Waals surface area contributed by atoms with Crippen LogP contribution in [0.1, 0.15) is 36.2 Å². The van der Waals surface area contributed by atoms with Crippen molar-refractivity contribution in [1.29, 1.82) is 0 Å². The van der Waals surface area contributed by atoms with Gasteiger partial charge in [-0.05, 0) is 63.9 Å². The van der Waals surface area contributed by atoms with Gasteiger partial charge in [-0.25, -0.2) is 4.68 Å². The molecule has 0 atom stereocenters. The standard InChI is InChI=1S/C25H27N3/c1-17-15-18(2)23(19(3)16-17)26-25(4,5)24-21-13-9-10-14-22(21)28(27-24)20-11-7-6-8-12-20/h6-16,26H,1-5H3. The highest BCUT2D eigenvalue weighted by molar-refractivity contribution is 5.85. The molecule has 0 radical (unpaired) electrons. The minimum Gasteiger partial charge on any atom is -0.374 e. The normalized spacial score (nSPS) is 11.8. The topological polar surface area (TPSA) is 29.9 Å². The minimum atomic E-state index is -0.329. The third-order valence-electron chi connectivity index (χ3n) is 5.29. The van der Waals surface area contributed by atoms with Crippen molar-refractivity contribution < 1.29 is 0 Å². The predicted octanol–water partition coefficient (Wildman–Crippen LogP) is 6.30. The van der Waals surface area contributed by atoms with Gasteiger partial charge < -0.3 is 5.32 Å². The van der Waals surface area contributed by atoms with Crippen molar-refractivity contribution >= 4 is 16.6 Å². The van der Waals surface area contributed by atoms with Gasteiger partial charge in [0.2, 0.25) is 0 Å². The van der Waals surface area contributed by atoms with Crippen molar-refractivity contribution in [3.8, 4) is 5.69 Å². The van der Waals surface area contributed by atoms with E-state index in [9.17, 15) is 0 Å². The molecule has 3 aromatic carbocycles. The largest absolute Gasteiger partial charge is 0.374 e. The van der Waals surface area contributed by atoms with E-state index < -0.39 is 0 Å². The molecule has 1 heterocycles. The first-order valence-corrected chi connectivity index (χ1v) is 9.76. The first-order chi connectivity index (χ1) is 13.4. The van der Waals surface area contributed by atoms with Gasteiger partial charge in [0.15, 0.2) is 0 Å². The van der Waals surface area contributed by atoms with Gasteiger partial charge >= 0.3 is 0 Å². The molecule has 1 aromatic heterocycles. The first kappa shape index (κ1) is 18.3. The van der Waals surface area contributed by atoms with Crippen LogP contribution in [0.5, 0.6) is 0 Å². The molecule has 0 aliphatic carbocycles. The molecule has 3 nitrogen and oxygen atoms in total. The summed E-state index contributed by atoms with van der Waals surface area (Å²) >= 11 is 0.